The molecule has 2 N–H and O–H groups in total. The number of hydrogen-bond acceptors (Lipinski definition) is 2. The van der Waals surface area contributed by atoms with Crippen LogP contribution in [0.3, 0.4) is 0 Å². The standard InChI is InChI=1S/C18H24BrN5O.HI/c1-20-17(25)14-7-5-13(6-8-14)10-22-18(21-2)24(4)12-16-9-15(19)11-23(16)3;/h5-9,11H,10,12H2,1-4H3,(H,20,25)(H,21,22);1H. The van der Waals surface area contributed by atoms with Crippen LogP contribution in [0.15, 0.2) is 46.0 Å². The summed E-state index contributed by atoms with van der Waals surface area (Å²) in [6, 6.07) is 9.63. The van der Waals surface area contributed by atoms with Gasteiger partial charge in [-0.15, -0.1) is 24.0 Å². The van der Waals surface area contributed by atoms with Crippen LogP contribution in [0.1, 0.15) is 21.6 Å². The smallest absolute Gasteiger partial charge is 0.251 e. The molecule has 8 heteroatoms. The van der Waals surface area contributed by atoms with E-state index < -0.39 is 0 Å². The van der Waals surface area contributed by atoms with Crippen molar-refractivity contribution in [1.29, 1.82) is 0 Å². The molecule has 0 fully saturated rings. The topological polar surface area (TPSA) is 61.7 Å². The van der Waals surface area contributed by atoms with Crippen molar-refractivity contribution in [3.05, 3.63) is 57.8 Å². The quantitative estimate of drug-likeness (QED) is 0.353. The normalized spacial score (nSPS) is 10.9. The Hall–Kier alpha value is -1.55. The minimum absolute atomic E-state index is 0. The molecule has 0 aliphatic rings. The number of aromatic nitrogens is 1. The molecule has 26 heavy (non-hydrogen) atoms. The van der Waals surface area contributed by atoms with Crippen molar-refractivity contribution >= 4 is 51.8 Å². The van der Waals surface area contributed by atoms with Crippen molar-refractivity contribution in [2.45, 2.75) is 13.1 Å². The van der Waals surface area contributed by atoms with Gasteiger partial charge in [0.05, 0.1) is 6.54 Å². The fraction of sp³-hybridized carbons (Fsp3) is 0.333. The largest absolute Gasteiger partial charge is 0.355 e. The van der Waals surface area contributed by atoms with E-state index >= 15 is 0 Å². The molecule has 2 aromatic rings. The molecule has 0 saturated heterocycles. The van der Waals surface area contributed by atoms with Gasteiger partial charge in [-0.25, -0.2) is 0 Å². The van der Waals surface area contributed by atoms with Crippen LogP contribution in [0.4, 0.5) is 0 Å². The van der Waals surface area contributed by atoms with Gasteiger partial charge in [-0.2, -0.15) is 0 Å². The number of rotatable bonds is 5. The minimum Gasteiger partial charge on any atom is -0.355 e. The Morgan fingerprint density at radius 1 is 1.31 bits per heavy atom. The van der Waals surface area contributed by atoms with Crippen LogP contribution in [-0.2, 0) is 20.1 Å². The lowest BCUT2D eigenvalue weighted by molar-refractivity contribution is 0.0963. The Kier molecular flexibility index (Phi) is 9.14. The predicted octanol–water partition coefficient (Wildman–Crippen LogP) is 2.97. The number of aryl methyl sites for hydroxylation is 1. The van der Waals surface area contributed by atoms with Gasteiger partial charge in [-0.3, -0.25) is 9.79 Å². The summed E-state index contributed by atoms with van der Waals surface area (Å²) in [4.78, 5) is 18.0. The average molecular weight is 534 g/mol. The number of nitrogens with one attached hydrogen (secondary N) is 2. The van der Waals surface area contributed by atoms with E-state index in [4.69, 9.17) is 0 Å². The zero-order valence-corrected chi connectivity index (χ0v) is 19.3. The molecule has 1 aromatic heterocycles. The Labute approximate surface area is 180 Å². The van der Waals surface area contributed by atoms with E-state index in [2.05, 4.69) is 47.1 Å². The van der Waals surface area contributed by atoms with Crippen molar-refractivity contribution in [2.24, 2.45) is 12.0 Å². The molecule has 1 amide bonds. The molecule has 6 nitrogen and oxygen atoms in total. The maximum absolute atomic E-state index is 11.6. The molecule has 0 aliphatic heterocycles. The van der Waals surface area contributed by atoms with Gasteiger partial charge < -0.3 is 20.1 Å². The second-order valence-electron chi connectivity index (χ2n) is 5.79. The summed E-state index contributed by atoms with van der Waals surface area (Å²) in [5.74, 6) is 0.733. The highest BCUT2D eigenvalue weighted by molar-refractivity contribution is 14.0. The molecule has 1 aromatic carbocycles. The van der Waals surface area contributed by atoms with E-state index in [0.717, 1.165) is 22.5 Å². The first-order valence-corrected chi connectivity index (χ1v) is 8.77. The van der Waals surface area contributed by atoms with Crippen LogP contribution in [0.2, 0.25) is 0 Å². The summed E-state index contributed by atoms with van der Waals surface area (Å²) < 4.78 is 3.16. The Bertz CT molecular complexity index is 757. The summed E-state index contributed by atoms with van der Waals surface area (Å²) in [6.07, 6.45) is 2.04. The first-order chi connectivity index (χ1) is 11.9. The molecule has 0 unspecified atom stereocenters. The number of guanidine groups is 1. The summed E-state index contributed by atoms with van der Waals surface area (Å²) in [5, 5.41) is 5.97. The minimum atomic E-state index is -0.0798. The van der Waals surface area contributed by atoms with Crippen molar-refractivity contribution in [3.63, 3.8) is 0 Å². The molecule has 2 rings (SSSR count). The van der Waals surface area contributed by atoms with Crippen LogP contribution in [0.5, 0.6) is 0 Å². The number of carbonyl (C=O) groups excluding carboxylic acids is 1. The first kappa shape index (κ1) is 22.5. The van der Waals surface area contributed by atoms with Crippen LogP contribution in [0, 0.1) is 0 Å². The van der Waals surface area contributed by atoms with Crippen LogP contribution in [0.25, 0.3) is 0 Å². The van der Waals surface area contributed by atoms with Gasteiger partial charge >= 0.3 is 0 Å². The first-order valence-electron chi connectivity index (χ1n) is 7.98. The highest BCUT2D eigenvalue weighted by Crippen LogP contribution is 2.15. The van der Waals surface area contributed by atoms with Crippen molar-refractivity contribution in [2.75, 3.05) is 21.1 Å². The van der Waals surface area contributed by atoms with E-state index in [1.165, 1.54) is 5.69 Å². The summed E-state index contributed by atoms with van der Waals surface area (Å²) in [6.45, 7) is 1.39. The molecule has 0 radical (unpaired) electrons. The molecule has 0 atom stereocenters. The fourth-order valence-electron chi connectivity index (χ4n) is 2.53. The summed E-state index contributed by atoms with van der Waals surface area (Å²) in [7, 11) is 7.43. The number of halogens is 2. The lowest BCUT2D eigenvalue weighted by Crippen LogP contribution is -2.38. The SMILES string of the molecule is CN=C(NCc1ccc(C(=O)NC)cc1)N(C)Cc1cc(Br)cn1C.I. The highest BCUT2D eigenvalue weighted by atomic mass is 127. The van der Waals surface area contributed by atoms with Crippen molar-refractivity contribution < 1.29 is 4.79 Å². The molecular formula is C18H25BrIN5O. The third-order valence-electron chi connectivity index (χ3n) is 3.94. The molecule has 0 aliphatic carbocycles. The van der Waals surface area contributed by atoms with Gasteiger partial charge in [0.2, 0.25) is 0 Å². The highest BCUT2D eigenvalue weighted by Gasteiger charge is 2.10. The lowest BCUT2D eigenvalue weighted by Gasteiger charge is -2.22. The summed E-state index contributed by atoms with van der Waals surface area (Å²) >= 11 is 3.50. The van der Waals surface area contributed by atoms with Crippen LogP contribution < -0.4 is 10.6 Å². The zero-order valence-electron chi connectivity index (χ0n) is 15.4. The Balaban J connectivity index is 0.00000338. The number of nitrogens with zero attached hydrogens (tertiary/aromatic N) is 3. The van der Waals surface area contributed by atoms with Gasteiger partial charge in [0.25, 0.3) is 5.91 Å². The van der Waals surface area contributed by atoms with Gasteiger partial charge in [-0.05, 0) is 39.7 Å². The zero-order chi connectivity index (χ0) is 18.4. The third-order valence-corrected chi connectivity index (χ3v) is 4.37. The van der Waals surface area contributed by atoms with E-state index in [9.17, 15) is 4.79 Å². The van der Waals surface area contributed by atoms with Gasteiger partial charge in [-0.1, -0.05) is 12.1 Å². The van der Waals surface area contributed by atoms with Crippen LogP contribution in [-0.4, -0.2) is 42.5 Å². The van der Waals surface area contributed by atoms with Crippen molar-refractivity contribution in [1.82, 2.24) is 20.1 Å². The number of carbonyl (C=O) groups is 1. The van der Waals surface area contributed by atoms with Gasteiger partial charge in [0.1, 0.15) is 0 Å². The van der Waals surface area contributed by atoms with E-state index in [0.29, 0.717) is 12.1 Å². The number of hydrogen-bond donors (Lipinski definition) is 2. The molecule has 142 valence electrons. The number of benzene rings is 1. The van der Waals surface area contributed by atoms with E-state index in [1.807, 2.05) is 44.6 Å². The predicted molar refractivity (Wildman–Crippen MR) is 120 cm³/mol. The lowest BCUT2D eigenvalue weighted by atomic mass is 10.1. The molecule has 1 heterocycles. The van der Waals surface area contributed by atoms with Crippen molar-refractivity contribution in [3.8, 4) is 0 Å². The maximum atomic E-state index is 11.6. The Morgan fingerprint density at radius 3 is 2.46 bits per heavy atom. The van der Waals surface area contributed by atoms with Crippen LogP contribution >= 0.6 is 39.9 Å². The summed E-state index contributed by atoms with van der Waals surface area (Å²) in [5.41, 5.74) is 2.93. The monoisotopic (exact) mass is 533 g/mol. The number of aliphatic imine (C=N–C) groups is 1. The van der Waals surface area contributed by atoms with Gasteiger partial charge in [0.15, 0.2) is 5.96 Å². The average Bonchev–Trinajstić information content (AvgIpc) is 2.92. The molecule has 0 saturated carbocycles. The maximum Gasteiger partial charge on any atom is 0.251 e. The second kappa shape index (κ2) is 10.6. The van der Waals surface area contributed by atoms with Gasteiger partial charge in [0, 0.05) is 56.7 Å². The Morgan fingerprint density at radius 2 is 1.96 bits per heavy atom. The third kappa shape index (κ3) is 6.01. The molecule has 0 bridgehead atoms. The molecule has 0 spiro atoms. The van der Waals surface area contributed by atoms with E-state index in [1.54, 1.807) is 14.1 Å². The molecular weight excluding hydrogens is 509 g/mol. The fourth-order valence-corrected chi connectivity index (χ4v) is 3.10. The second-order valence-corrected chi connectivity index (χ2v) is 6.71. The van der Waals surface area contributed by atoms with E-state index in [-0.39, 0.29) is 29.9 Å². The number of amides is 1.